The number of aromatic carboxylic acids is 1. The summed E-state index contributed by atoms with van der Waals surface area (Å²) in [5.74, 6) is -1.06. The van der Waals surface area contributed by atoms with Gasteiger partial charge in [-0.15, -0.1) is 11.3 Å². The van der Waals surface area contributed by atoms with Gasteiger partial charge in [0.25, 0.3) is 5.56 Å². The van der Waals surface area contributed by atoms with E-state index in [9.17, 15) is 14.4 Å². The summed E-state index contributed by atoms with van der Waals surface area (Å²) in [5.41, 5.74) is -0.495. The summed E-state index contributed by atoms with van der Waals surface area (Å²) >= 11 is 1.07. The second-order valence-electron chi connectivity index (χ2n) is 4.98. The van der Waals surface area contributed by atoms with Crippen LogP contribution in [0.3, 0.4) is 0 Å². The van der Waals surface area contributed by atoms with Crippen LogP contribution in [0.25, 0.3) is 0 Å². The van der Waals surface area contributed by atoms with Crippen molar-refractivity contribution in [3.63, 3.8) is 0 Å². The van der Waals surface area contributed by atoms with E-state index in [4.69, 9.17) is 9.84 Å². The van der Waals surface area contributed by atoms with Gasteiger partial charge >= 0.3 is 11.7 Å². The highest BCUT2D eigenvalue weighted by molar-refractivity contribution is 7.12. The molecule has 2 aromatic rings. The van der Waals surface area contributed by atoms with Crippen molar-refractivity contribution in [2.24, 2.45) is 0 Å². The average molecular weight is 322 g/mol. The van der Waals surface area contributed by atoms with E-state index < -0.39 is 17.2 Å². The third-order valence-corrected chi connectivity index (χ3v) is 4.53. The van der Waals surface area contributed by atoms with Gasteiger partial charge in [-0.1, -0.05) is 0 Å². The maximum atomic E-state index is 12.5. The lowest BCUT2D eigenvalue weighted by Crippen LogP contribution is -2.40. The highest BCUT2D eigenvalue weighted by Crippen LogP contribution is 2.21. The second-order valence-corrected chi connectivity index (χ2v) is 5.89. The first-order valence-electron chi connectivity index (χ1n) is 6.81. The summed E-state index contributed by atoms with van der Waals surface area (Å²) in [6.07, 6.45) is 2.66. The van der Waals surface area contributed by atoms with Gasteiger partial charge in [-0.25, -0.2) is 9.59 Å². The molecule has 1 aliphatic rings. The van der Waals surface area contributed by atoms with E-state index in [-0.39, 0.29) is 17.6 Å². The summed E-state index contributed by atoms with van der Waals surface area (Å²) < 4.78 is 7.90. The van der Waals surface area contributed by atoms with Gasteiger partial charge in [0.2, 0.25) is 0 Å². The standard InChI is InChI=1S/C14H14N2O5S/c17-10-3-5-15(11-2-1-6-21-11)14(20)16(10)8-9-4-7-22-12(9)13(18)19/h3-5,7,11H,1-2,6,8H2,(H,18,19). The zero-order valence-electron chi connectivity index (χ0n) is 11.6. The Morgan fingerprint density at radius 2 is 2.23 bits per heavy atom. The van der Waals surface area contributed by atoms with Gasteiger partial charge in [-0.05, 0) is 29.9 Å². The highest BCUT2D eigenvalue weighted by atomic mass is 32.1. The van der Waals surface area contributed by atoms with Gasteiger partial charge in [-0.3, -0.25) is 13.9 Å². The smallest absolute Gasteiger partial charge is 0.346 e. The van der Waals surface area contributed by atoms with Gasteiger partial charge in [0.1, 0.15) is 11.1 Å². The van der Waals surface area contributed by atoms with Crippen LogP contribution in [0.4, 0.5) is 0 Å². The Hall–Kier alpha value is -2.19. The lowest BCUT2D eigenvalue weighted by atomic mass is 10.2. The number of carboxylic acid groups (broad SMARTS) is 1. The summed E-state index contributed by atoms with van der Waals surface area (Å²) in [6.45, 7) is 0.528. The highest BCUT2D eigenvalue weighted by Gasteiger charge is 2.21. The molecule has 22 heavy (non-hydrogen) atoms. The molecule has 0 bridgehead atoms. The third kappa shape index (κ3) is 2.62. The SMILES string of the molecule is O=C(O)c1sccc1Cn1c(=O)ccn(C2CCCO2)c1=O. The van der Waals surface area contributed by atoms with Crippen LogP contribution in [-0.2, 0) is 11.3 Å². The maximum Gasteiger partial charge on any atom is 0.346 e. The fraction of sp³-hybridized carbons (Fsp3) is 0.357. The van der Waals surface area contributed by atoms with Gasteiger partial charge in [0.15, 0.2) is 0 Å². The first kappa shape index (κ1) is 14.7. The van der Waals surface area contributed by atoms with Crippen molar-refractivity contribution in [1.29, 1.82) is 0 Å². The van der Waals surface area contributed by atoms with Crippen LogP contribution in [0.1, 0.15) is 34.3 Å². The van der Waals surface area contributed by atoms with E-state index in [1.54, 1.807) is 11.4 Å². The van der Waals surface area contributed by atoms with E-state index >= 15 is 0 Å². The summed E-state index contributed by atoms with van der Waals surface area (Å²) in [5, 5.41) is 10.7. The topological polar surface area (TPSA) is 90.5 Å². The molecule has 1 unspecified atom stereocenters. The normalized spacial score (nSPS) is 17.7. The first-order valence-corrected chi connectivity index (χ1v) is 7.69. The lowest BCUT2D eigenvalue weighted by Gasteiger charge is -2.15. The maximum absolute atomic E-state index is 12.5. The fourth-order valence-electron chi connectivity index (χ4n) is 2.49. The van der Waals surface area contributed by atoms with Crippen molar-refractivity contribution < 1.29 is 14.6 Å². The molecule has 1 aliphatic heterocycles. The number of nitrogens with zero attached hydrogens (tertiary/aromatic N) is 2. The lowest BCUT2D eigenvalue weighted by molar-refractivity contribution is 0.0514. The Morgan fingerprint density at radius 3 is 2.91 bits per heavy atom. The number of hydrogen-bond acceptors (Lipinski definition) is 5. The zero-order valence-corrected chi connectivity index (χ0v) is 12.4. The molecule has 0 aromatic carbocycles. The molecule has 3 rings (SSSR count). The number of carboxylic acids is 1. The van der Waals surface area contributed by atoms with Crippen molar-refractivity contribution in [3.05, 3.63) is 55.0 Å². The van der Waals surface area contributed by atoms with Crippen molar-refractivity contribution in [3.8, 4) is 0 Å². The third-order valence-electron chi connectivity index (χ3n) is 3.58. The average Bonchev–Trinajstić information content (AvgIpc) is 3.14. The van der Waals surface area contributed by atoms with Crippen molar-refractivity contribution >= 4 is 17.3 Å². The molecular weight excluding hydrogens is 308 g/mol. The zero-order chi connectivity index (χ0) is 15.7. The second kappa shape index (κ2) is 5.90. The van der Waals surface area contributed by atoms with Crippen LogP contribution in [0.2, 0.25) is 0 Å². The minimum atomic E-state index is -1.06. The molecule has 3 heterocycles. The Labute approximate surface area is 129 Å². The van der Waals surface area contributed by atoms with Crippen molar-refractivity contribution in [2.75, 3.05) is 6.61 Å². The Bertz CT molecular complexity index is 813. The Kier molecular flexibility index (Phi) is 3.95. The minimum Gasteiger partial charge on any atom is -0.477 e. The molecular formula is C14H14N2O5S. The number of hydrogen-bond donors (Lipinski definition) is 1. The number of ether oxygens (including phenoxy) is 1. The van der Waals surface area contributed by atoms with Crippen LogP contribution in [0.5, 0.6) is 0 Å². The summed E-state index contributed by atoms with van der Waals surface area (Å²) in [6, 6.07) is 2.92. The van der Waals surface area contributed by atoms with Crippen molar-refractivity contribution in [2.45, 2.75) is 25.6 Å². The van der Waals surface area contributed by atoms with Crippen LogP contribution >= 0.6 is 11.3 Å². The molecule has 1 N–H and O–H groups in total. The number of aromatic nitrogens is 2. The quantitative estimate of drug-likeness (QED) is 0.911. The molecule has 0 spiro atoms. The predicted molar refractivity (Wildman–Crippen MR) is 79.6 cm³/mol. The van der Waals surface area contributed by atoms with Crippen LogP contribution in [0, 0.1) is 0 Å². The fourth-order valence-corrected chi connectivity index (χ4v) is 3.25. The van der Waals surface area contributed by atoms with E-state index in [1.807, 2.05) is 0 Å². The van der Waals surface area contributed by atoms with Gasteiger partial charge in [-0.2, -0.15) is 0 Å². The number of carbonyl (C=O) groups is 1. The van der Waals surface area contributed by atoms with Gasteiger partial charge in [0, 0.05) is 18.9 Å². The minimum absolute atomic E-state index is 0.0592. The molecule has 8 heteroatoms. The molecule has 0 amide bonds. The van der Waals surface area contributed by atoms with E-state index in [1.165, 1.54) is 16.8 Å². The Morgan fingerprint density at radius 1 is 1.41 bits per heavy atom. The molecule has 7 nitrogen and oxygen atoms in total. The molecule has 1 fully saturated rings. The predicted octanol–water partition coefficient (Wildman–Crippen LogP) is 1.13. The van der Waals surface area contributed by atoms with Crippen LogP contribution in [-0.4, -0.2) is 26.8 Å². The molecule has 0 aliphatic carbocycles. The van der Waals surface area contributed by atoms with E-state index in [2.05, 4.69) is 0 Å². The van der Waals surface area contributed by atoms with Crippen molar-refractivity contribution in [1.82, 2.24) is 9.13 Å². The van der Waals surface area contributed by atoms with Gasteiger partial charge in [0.05, 0.1) is 6.54 Å². The van der Waals surface area contributed by atoms with E-state index in [0.29, 0.717) is 12.2 Å². The molecule has 1 saturated heterocycles. The van der Waals surface area contributed by atoms with Crippen LogP contribution < -0.4 is 11.2 Å². The molecule has 0 radical (unpaired) electrons. The molecule has 1 atom stereocenters. The summed E-state index contributed by atoms with van der Waals surface area (Å²) in [4.78, 5) is 35.7. The van der Waals surface area contributed by atoms with Gasteiger partial charge < -0.3 is 9.84 Å². The molecule has 0 saturated carbocycles. The number of rotatable bonds is 4. The van der Waals surface area contributed by atoms with Crippen LogP contribution in [0.15, 0.2) is 33.3 Å². The first-order chi connectivity index (χ1) is 10.6. The Balaban J connectivity index is 2.01. The molecule has 2 aromatic heterocycles. The largest absolute Gasteiger partial charge is 0.477 e. The number of thiophene rings is 1. The van der Waals surface area contributed by atoms with E-state index in [0.717, 1.165) is 28.7 Å². The summed E-state index contributed by atoms with van der Waals surface area (Å²) in [7, 11) is 0. The monoisotopic (exact) mass is 322 g/mol. The molecule has 116 valence electrons.